The lowest BCUT2D eigenvalue weighted by molar-refractivity contribution is -0.117. The van der Waals surface area contributed by atoms with E-state index in [1.165, 1.54) is 0 Å². The SMILES string of the molecule is CC(=O)CC[C@@H](/C=C/C(C)(C)O)C(C)C. The van der Waals surface area contributed by atoms with Crippen LogP contribution in [0.15, 0.2) is 12.2 Å². The van der Waals surface area contributed by atoms with E-state index in [0.29, 0.717) is 18.3 Å². The van der Waals surface area contributed by atoms with Gasteiger partial charge in [0.15, 0.2) is 0 Å². The standard InChI is InChI=1S/C13H24O2/c1-10(2)12(7-6-11(3)14)8-9-13(4,5)15/h8-10,12,15H,6-7H2,1-5H3/b9-8+/t12-/m0/s1. The minimum atomic E-state index is -0.761. The van der Waals surface area contributed by atoms with Crippen molar-refractivity contribution in [1.82, 2.24) is 0 Å². The first-order valence-corrected chi connectivity index (χ1v) is 5.63. The first kappa shape index (κ1) is 14.4. The van der Waals surface area contributed by atoms with Crippen LogP contribution < -0.4 is 0 Å². The van der Waals surface area contributed by atoms with E-state index < -0.39 is 5.60 Å². The highest BCUT2D eigenvalue weighted by Crippen LogP contribution is 2.20. The number of Topliss-reactive ketones (excluding diaryl/α,β-unsaturated/α-hetero) is 1. The van der Waals surface area contributed by atoms with Crippen LogP contribution in [0.1, 0.15) is 47.5 Å². The molecule has 2 heteroatoms. The molecule has 1 atom stereocenters. The summed E-state index contributed by atoms with van der Waals surface area (Å²) in [6.45, 7) is 9.41. The number of carbonyl (C=O) groups is 1. The van der Waals surface area contributed by atoms with Crippen LogP contribution in [0.25, 0.3) is 0 Å². The van der Waals surface area contributed by atoms with E-state index in [-0.39, 0.29) is 5.78 Å². The van der Waals surface area contributed by atoms with Crippen molar-refractivity contribution >= 4 is 5.78 Å². The van der Waals surface area contributed by atoms with Crippen LogP contribution in [0.5, 0.6) is 0 Å². The lowest BCUT2D eigenvalue weighted by atomic mass is 9.89. The largest absolute Gasteiger partial charge is 0.386 e. The van der Waals surface area contributed by atoms with Gasteiger partial charge in [-0.05, 0) is 39.0 Å². The Kier molecular flexibility index (Phi) is 5.81. The Morgan fingerprint density at radius 1 is 1.40 bits per heavy atom. The van der Waals surface area contributed by atoms with Crippen LogP contribution in [-0.2, 0) is 4.79 Å². The number of rotatable bonds is 6. The van der Waals surface area contributed by atoms with Gasteiger partial charge in [-0.1, -0.05) is 26.0 Å². The molecule has 0 saturated carbocycles. The molecule has 1 N–H and O–H groups in total. The molecule has 0 rings (SSSR count). The lowest BCUT2D eigenvalue weighted by Gasteiger charge is -2.18. The van der Waals surface area contributed by atoms with Crippen molar-refractivity contribution in [2.24, 2.45) is 11.8 Å². The zero-order valence-electron chi connectivity index (χ0n) is 10.6. The molecule has 0 saturated heterocycles. The topological polar surface area (TPSA) is 37.3 Å². The summed E-state index contributed by atoms with van der Waals surface area (Å²) in [6.07, 6.45) is 5.35. The number of ketones is 1. The Bertz CT molecular complexity index is 221. The van der Waals surface area contributed by atoms with Gasteiger partial charge in [-0.2, -0.15) is 0 Å². The molecule has 0 aliphatic carbocycles. The Morgan fingerprint density at radius 3 is 2.27 bits per heavy atom. The third-order valence-corrected chi connectivity index (χ3v) is 2.44. The first-order chi connectivity index (χ1) is 6.72. The lowest BCUT2D eigenvalue weighted by Crippen LogP contribution is -2.16. The number of allylic oxidation sites excluding steroid dienone is 1. The van der Waals surface area contributed by atoms with Gasteiger partial charge < -0.3 is 9.90 Å². The fourth-order valence-electron chi connectivity index (χ4n) is 1.38. The molecule has 0 bridgehead atoms. The fraction of sp³-hybridized carbons (Fsp3) is 0.769. The van der Waals surface area contributed by atoms with Gasteiger partial charge in [-0.15, -0.1) is 0 Å². The molecule has 0 spiro atoms. The van der Waals surface area contributed by atoms with Crippen molar-refractivity contribution in [1.29, 1.82) is 0 Å². The van der Waals surface area contributed by atoms with E-state index in [0.717, 1.165) is 6.42 Å². The van der Waals surface area contributed by atoms with Gasteiger partial charge in [0.05, 0.1) is 5.60 Å². The minimum absolute atomic E-state index is 0.234. The summed E-state index contributed by atoms with van der Waals surface area (Å²) >= 11 is 0. The zero-order chi connectivity index (χ0) is 12.1. The quantitative estimate of drug-likeness (QED) is 0.687. The molecule has 0 aliphatic rings. The summed E-state index contributed by atoms with van der Waals surface area (Å²) in [4.78, 5) is 10.9. The van der Waals surface area contributed by atoms with Crippen molar-refractivity contribution in [3.05, 3.63) is 12.2 Å². The van der Waals surface area contributed by atoms with Crippen molar-refractivity contribution in [2.75, 3.05) is 0 Å². The molecular formula is C13H24O2. The molecule has 0 radical (unpaired) electrons. The van der Waals surface area contributed by atoms with Crippen LogP contribution >= 0.6 is 0 Å². The second-order valence-electron chi connectivity index (χ2n) is 5.16. The monoisotopic (exact) mass is 212 g/mol. The Hall–Kier alpha value is -0.630. The fourth-order valence-corrected chi connectivity index (χ4v) is 1.38. The molecule has 15 heavy (non-hydrogen) atoms. The predicted octanol–water partition coefficient (Wildman–Crippen LogP) is 2.95. The van der Waals surface area contributed by atoms with E-state index in [9.17, 15) is 9.90 Å². The molecule has 0 amide bonds. The van der Waals surface area contributed by atoms with E-state index in [2.05, 4.69) is 13.8 Å². The van der Waals surface area contributed by atoms with Crippen molar-refractivity contribution in [3.8, 4) is 0 Å². The Labute approximate surface area is 93.4 Å². The maximum Gasteiger partial charge on any atom is 0.129 e. The molecule has 88 valence electrons. The first-order valence-electron chi connectivity index (χ1n) is 5.63. The highest BCUT2D eigenvalue weighted by molar-refractivity contribution is 5.75. The highest BCUT2D eigenvalue weighted by atomic mass is 16.3. The van der Waals surface area contributed by atoms with Gasteiger partial charge >= 0.3 is 0 Å². The van der Waals surface area contributed by atoms with Crippen LogP contribution in [0, 0.1) is 11.8 Å². The molecule has 0 fully saturated rings. The molecule has 0 aliphatic heterocycles. The van der Waals surface area contributed by atoms with Crippen molar-refractivity contribution in [3.63, 3.8) is 0 Å². The summed E-state index contributed by atoms with van der Waals surface area (Å²) in [5.41, 5.74) is -0.761. The van der Waals surface area contributed by atoms with Gasteiger partial charge in [0.25, 0.3) is 0 Å². The Balaban J connectivity index is 4.29. The van der Waals surface area contributed by atoms with Gasteiger partial charge in [-0.3, -0.25) is 0 Å². The maximum atomic E-state index is 10.9. The molecule has 0 unspecified atom stereocenters. The van der Waals surface area contributed by atoms with E-state index in [1.807, 2.05) is 12.2 Å². The van der Waals surface area contributed by atoms with Crippen LogP contribution in [0.3, 0.4) is 0 Å². The second kappa shape index (κ2) is 6.06. The summed E-state index contributed by atoms with van der Waals surface area (Å²) < 4.78 is 0. The smallest absolute Gasteiger partial charge is 0.129 e. The van der Waals surface area contributed by atoms with Crippen LogP contribution in [-0.4, -0.2) is 16.5 Å². The third kappa shape index (κ3) is 8.37. The Morgan fingerprint density at radius 2 is 1.93 bits per heavy atom. The maximum absolute atomic E-state index is 10.9. The molecule has 0 aromatic carbocycles. The second-order valence-corrected chi connectivity index (χ2v) is 5.16. The predicted molar refractivity (Wildman–Crippen MR) is 63.7 cm³/mol. The van der Waals surface area contributed by atoms with E-state index in [1.54, 1.807) is 20.8 Å². The molecular weight excluding hydrogens is 188 g/mol. The van der Waals surface area contributed by atoms with Crippen molar-refractivity contribution in [2.45, 2.75) is 53.1 Å². The molecule has 0 heterocycles. The van der Waals surface area contributed by atoms with E-state index >= 15 is 0 Å². The normalized spacial score (nSPS) is 14.9. The number of carbonyl (C=O) groups excluding carboxylic acids is 1. The van der Waals surface area contributed by atoms with E-state index in [4.69, 9.17) is 0 Å². The number of hydrogen-bond acceptors (Lipinski definition) is 2. The minimum Gasteiger partial charge on any atom is -0.386 e. The van der Waals surface area contributed by atoms with Gasteiger partial charge in [0, 0.05) is 6.42 Å². The van der Waals surface area contributed by atoms with Gasteiger partial charge in [0.2, 0.25) is 0 Å². The highest BCUT2D eigenvalue weighted by Gasteiger charge is 2.13. The summed E-state index contributed by atoms with van der Waals surface area (Å²) in [5.74, 6) is 1.11. The van der Waals surface area contributed by atoms with Crippen LogP contribution in [0.4, 0.5) is 0 Å². The van der Waals surface area contributed by atoms with Crippen molar-refractivity contribution < 1.29 is 9.90 Å². The van der Waals surface area contributed by atoms with Gasteiger partial charge in [-0.25, -0.2) is 0 Å². The van der Waals surface area contributed by atoms with Gasteiger partial charge in [0.1, 0.15) is 5.78 Å². The summed E-state index contributed by atoms with van der Waals surface area (Å²) in [7, 11) is 0. The summed E-state index contributed by atoms with van der Waals surface area (Å²) in [5, 5.41) is 9.57. The zero-order valence-corrected chi connectivity index (χ0v) is 10.6. The molecule has 0 aromatic heterocycles. The summed E-state index contributed by atoms with van der Waals surface area (Å²) in [6, 6.07) is 0. The molecule has 2 nitrogen and oxygen atoms in total. The average Bonchev–Trinajstić information content (AvgIpc) is 2.00. The van der Waals surface area contributed by atoms with Crippen LogP contribution in [0.2, 0.25) is 0 Å². The molecule has 0 aromatic rings. The average molecular weight is 212 g/mol. The number of aliphatic hydroxyl groups is 1. The number of hydrogen-bond donors (Lipinski definition) is 1. The third-order valence-electron chi connectivity index (χ3n) is 2.44.